The van der Waals surface area contributed by atoms with E-state index in [-0.39, 0.29) is 24.0 Å². The number of methoxy groups -OCH3 is 1. The van der Waals surface area contributed by atoms with Crippen molar-refractivity contribution in [3.8, 4) is 17.6 Å². The van der Waals surface area contributed by atoms with Gasteiger partial charge in [-0.05, 0) is 35.5 Å². The smallest absolute Gasteiger partial charge is 0.294 e. The minimum atomic E-state index is -0.509. The maximum Gasteiger partial charge on any atom is 0.294 e. The van der Waals surface area contributed by atoms with Crippen molar-refractivity contribution < 1.29 is 28.6 Å². The van der Waals surface area contributed by atoms with Crippen molar-refractivity contribution in [3.63, 3.8) is 0 Å². The Bertz CT molecular complexity index is 888. The lowest BCUT2D eigenvalue weighted by Gasteiger charge is -2.28. The SMILES string of the molecule is COc1cc(C=C2SC(=O)N(CC(=O)N3CCOCC3)C2=O)ccc1OCC#N. The van der Waals surface area contributed by atoms with Crippen molar-refractivity contribution in [1.82, 2.24) is 9.80 Å². The van der Waals surface area contributed by atoms with Gasteiger partial charge in [0.2, 0.25) is 5.91 Å². The molecule has 0 bridgehead atoms. The van der Waals surface area contributed by atoms with E-state index in [4.69, 9.17) is 19.5 Å². The molecule has 9 nitrogen and oxygen atoms in total. The van der Waals surface area contributed by atoms with Crippen molar-refractivity contribution in [2.75, 3.05) is 46.6 Å². The van der Waals surface area contributed by atoms with Crippen LogP contribution in [0.15, 0.2) is 23.1 Å². The zero-order valence-electron chi connectivity index (χ0n) is 15.8. The number of amides is 3. The van der Waals surface area contributed by atoms with Gasteiger partial charge in [-0.3, -0.25) is 19.3 Å². The van der Waals surface area contributed by atoms with Crippen molar-refractivity contribution in [2.24, 2.45) is 0 Å². The first-order chi connectivity index (χ1) is 14.0. The summed E-state index contributed by atoms with van der Waals surface area (Å²) in [6.45, 7) is 1.39. The van der Waals surface area contributed by atoms with Gasteiger partial charge in [-0.2, -0.15) is 5.26 Å². The Labute approximate surface area is 171 Å². The van der Waals surface area contributed by atoms with Crippen LogP contribution in [0.1, 0.15) is 5.56 Å². The molecule has 0 N–H and O–H groups in total. The van der Waals surface area contributed by atoms with Crippen LogP contribution >= 0.6 is 11.8 Å². The molecule has 3 rings (SSSR count). The second-order valence-electron chi connectivity index (χ2n) is 6.12. The maximum atomic E-state index is 12.6. The zero-order valence-corrected chi connectivity index (χ0v) is 16.6. The largest absolute Gasteiger partial charge is 0.493 e. The first-order valence-corrected chi connectivity index (χ1v) is 9.64. The van der Waals surface area contributed by atoms with Gasteiger partial charge in [0.25, 0.3) is 11.1 Å². The second kappa shape index (κ2) is 9.45. The average Bonchev–Trinajstić information content (AvgIpc) is 3.00. The van der Waals surface area contributed by atoms with Crippen LogP contribution in [0.3, 0.4) is 0 Å². The summed E-state index contributed by atoms with van der Waals surface area (Å²) in [5.74, 6) is 0.00836. The number of ether oxygens (including phenoxy) is 3. The molecule has 2 heterocycles. The van der Waals surface area contributed by atoms with E-state index in [0.29, 0.717) is 43.4 Å². The van der Waals surface area contributed by atoms with E-state index in [1.807, 2.05) is 6.07 Å². The van der Waals surface area contributed by atoms with Crippen LogP contribution in [0.25, 0.3) is 6.08 Å². The molecule has 0 spiro atoms. The molecule has 2 fully saturated rings. The molecule has 3 amide bonds. The number of hydrogen-bond acceptors (Lipinski definition) is 8. The van der Waals surface area contributed by atoms with Crippen LogP contribution in [-0.4, -0.2) is 73.4 Å². The van der Waals surface area contributed by atoms with E-state index in [0.717, 1.165) is 16.7 Å². The molecule has 29 heavy (non-hydrogen) atoms. The predicted octanol–water partition coefficient (Wildman–Crippen LogP) is 1.49. The standard InChI is InChI=1S/C19H19N3O6S/c1-26-15-10-13(2-3-14(15)28-7-4-20)11-16-18(24)22(19(25)29-16)12-17(23)21-5-8-27-9-6-21/h2-3,10-11H,5-9,12H2,1H3. The molecular formula is C19H19N3O6S. The van der Waals surface area contributed by atoms with Crippen LogP contribution in [0.5, 0.6) is 11.5 Å². The van der Waals surface area contributed by atoms with Gasteiger partial charge in [0.1, 0.15) is 12.6 Å². The third-order valence-corrected chi connectivity index (χ3v) is 5.22. The highest BCUT2D eigenvalue weighted by Crippen LogP contribution is 2.34. The molecule has 0 saturated carbocycles. The number of imide groups is 1. The molecule has 152 valence electrons. The summed E-state index contributed by atoms with van der Waals surface area (Å²) in [5.41, 5.74) is 0.621. The van der Waals surface area contributed by atoms with Crippen molar-refractivity contribution in [2.45, 2.75) is 0 Å². The molecule has 0 radical (unpaired) electrons. The molecule has 0 aromatic heterocycles. The lowest BCUT2D eigenvalue weighted by atomic mass is 10.2. The number of hydrogen-bond donors (Lipinski definition) is 0. The fraction of sp³-hybridized carbons (Fsp3) is 0.368. The molecule has 10 heteroatoms. The summed E-state index contributed by atoms with van der Waals surface area (Å²) in [7, 11) is 1.46. The van der Waals surface area contributed by atoms with Gasteiger partial charge in [0.05, 0.1) is 25.2 Å². The van der Waals surface area contributed by atoms with Gasteiger partial charge >= 0.3 is 0 Å². The van der Waals surface area contributed by atoms with Crippen LogP contribution in [0, 0.1) is 11.3 Å². The Morgan fingerprint density at radius 1 is 1.31 bits per heavy atom. The number of carbonyl (C=O) groups is 3. The Morgan fingerprint density at radius 3 is 2.76 bits per heavy atom. The van der Waals surface area contributed by atoms with Gasteiger partial charge in [0.15, 0.2) is 18.1 Å². The molecule has 2 aliphatic heterocycles. The normalized spacial score (nSPS) is 18.1. The summed E-state index contributed by atoms with van der Waals surface area (Å²) in [6.07, 6.45) is 1.56. The molecular weight excluding hydrogens is 398 g/mol. The molecule has 0 aliphatic carbocycles. The third kappa shape index (κ3) is 4.88. The van der Waals surface area contributed by atoms with E-state index in [9.17, 15) is 14.4 Å². The Morgan fingerprint density at radius 2 is 2.07 bits per heavy atom. The second-order valence-corrected chi connectivity index (χ2v) is 7.11. The summed E-state index contributed by atoms with van der Waals surface area (Å²) in [5, 5.41) is 8.14. The van der Waals surface area contributed by atoms with E-state index in [2.05, 4.69) is 0 Å². The first kappa shape index (κ1) is 20.7. The molecule has 2 saturated heterocycles. The fourth-order valence-electron chi connectivity index (χ4n) is 2.84. The van der Waals surface area contributed by atoms with Gasteiger partial charge in [-0.25, -0.2) is 0 Å². The maximum absolute atomic E-state index is 12.6. The van der Waals surface area contributed by atoms with Crippen LogP contribution in [0.4, 0.5) is 4.79 Å². The summed E-state index contributed by atoms with van der Waals surface area (Å²) < 4.78 is 15.7. The van der Waals surface area contributed by atoms with E-state index >= 15 is 0 Å². The van der Waals surface area contributed by atoms with Crippen LogP contribution in [-0.2, 0) is 14.3 Å². The lowest BCUT2D eigenvalue weighted by molar-refractivity contribution is -0.139. The number of morpholine rings is 1. The van der Waals surface area contributed by atoms with Crippen LogP contribution in [0.2, 0.25) is 0 Å². The van der Waals surface area contributed by atoms with Crippen molar-refractivity contribution in [3.05, 3.63) is 28.7 Å². The summed E-state index contributed by atoms with van der Waals surface area (Å²) >= 11 is 0.785. The van der Waals surface area contributed by atoms with Gasteiger partial charge < -0.3 is 19.1 Å². The Hall–Kier alpha value is -3.03. The van der Waals surface area contributed by atoms with Crippen LogP contribution < -0.4 is 9.47 Å². The number of nitriles is 1. The minimum Gasteiger partial charge on any atom is -0.493 e. The fourth-order valence-corrected chi connectivity index (χ4v) is 3.68. The molecule has 1 aromatic carbocycles. The average molecular weight is 417 g/mol. The predicted molar refractivity (Wildman–Crippen MR) is 104 cm³/mol. The lowest BCUT2D eigenvalue weighted by Crippen LogP contribution is -2.46. The first-order valence-electron chi connectivity index (χ1n) is 8.82. The van der Waals surface area contributed by atoms with E-state index in [1.54, 1.807) is 29.2 Å². The summed E-state index contributed by atoms with van der Waals surface area (Å²) in [6, 6.07) is 6.82. The highest BCUT2D eigenvalue weighted by Gasteiger charge is 2.37. The molecule has 0 atom stereocenters. The van der Waals surface area contributed by atoms with Crippen molar-refractivity contribution in [1.29, 1.82) is 5.26 Å². The zero-order chi connectivity index (χ0) is 20.8. The number of benzene rings is 1. The Kier molecular flexibility index (Phi) is 6.74. The molecule has 2 aliphatic rings. The Balaban J connectivity index is 1.72. The monoisotopic (exact) mass is 417 g/mol. The highest BCUT2D eigenvalue weighted by molar-refractivity contribution is 8.18. The number of nitrogens with zero attached hydrogens (tertiary/aromatic N) is 3. The molecule has 0 unspecified atom stereocenters. The third-order valence-electron chi connectivity index (χ3n) is 4.31. The highest BCUT2D eigenvalue weighted by atomic mass is 32.2. The number of rotatable bonds is 6. The summed E-state index contributed by atoms with van der Waals surface area (Å²) in [4.78, 5) is 40.0. The number of carbonyl (C=O) groups excluding carboxylic acids is 3. The van der Waals surface area contributed by atoms with E-state index in [1.165, 1.54) is 7.11 Å². The van der Waals surface area contributed by atoms with Crippen molar-refractivity contribution >= 4 is 34.9 Å². The quantitative estimate of drug-likeness (QED) is 0.641. The van der Waals surface area contributed by atoms with Gasteiger partial charge in [-0.15, -0.1) is 0 Å². The van der Waals surface area contributed by atoms with Gasteiger partial charge in [0, 0.05) is 13.1 Å². The number of thioether (sulfide) groups is 1. The minimum absolute atomic E-state index is 0.119. The van der Waals surface area contributed by atoms with Gasteiger partial charge in [-0.1, -0.05) is 6.07 Å². The van der Waals surface area contributed by atoms with E-state index < -0.39 is 11.1 Å². The molecule has 1 aromatic rings. The topological polar surface area (TPSA) is 109 Å².